The van der Waals surface area contributed by atoms with Gasteiger partial charge in [-0.2, -0.15) is 0 Å². The van der Waals surface area contributed by atoms with Crippen molar-refractivity contribution in [3.8, 4) is 0 Å². The Kier molecular flexibility index (Phi) is 6.34. The number of rotatable bonds is 6. The highest BCUT2D eigenvalue weighted by atomic mass is 35.5. The van der Waals surface area contributed by atoms with E-state index in [0.717, 1.165) is 5.56 Å². The van der Waals surface area contributed by atoms with Crippen molar-refractivity contribution in [2.24, 2.45) is 0 Å². The van der Waals surface area contributed by atoms with E-state index >= 15 is 0 Å². The van der Waals surface area contributed by atoms with E-state index in [1.54, 1.807) is 42.5 Å². The largest absolute Gasteiger partial charge is 0.350 e. The van der Waals surface area contributed by atoms with Crippen LogP contribution in [0.15, 0.2) is 66.7 Å². The van der Waals surface area contributed by atoms with E-state index in [1.807, 2.05) is 0 Å². The predicted octanol–water partition coefficient (Wildman–Crippen LogP) is 4.10. The van der Waals surface area contributed by atoms with Crippen molar-refractivity contribution in [2.45, 2.75) is 6.42 Å². The second kappa shape index (κ2) is 9.10. The van der Waals surface area contributed by atoms with Gasteiger partial charge in [-0.25, -0.2) is 9.37 Å². The Balaban J connectivity index is 1.58. The summed E-state index contributed by atoms with van der Waals surface area (Å²) in [5.74, 6) is -1.11. The minimum Gasteiger partial charge on any atom is -0.350 e. The van der Waals surface area contributed by atoms with Crippen molar-refractivity contribution >= 4 is 29.1 Å². The third-order valence-corrected chi connectivity index (χ3v) is 4.18. The van der Waals surface area contributed by atoms with Crippen molar-refractivity contribution in [3.05, 3.63) is 94.5 Å². The van der Waals surface area contributed by atoms with Gasteiger partial charge >= 0.3 is 0 Å². The van der Waals surface area contributed by atoms with Crippen LogP contribution in [-0.2, 0) is 6.42 Å². The lowest BCUT2D eigenvalue weighted by atomic mass is 10.1. The molecule has 2 N–H and O–H groups in total. The van der Waals surface area contributed by atoms with E-state index in [-0.39, 0.29) is 23.1 Å². The Morgan fingerprint density at radius 2 is 1.54 bits per heavy atom. The highest BCUT2D eigenvalue weighted by Gasteiger charge is 2.12. The van der Waals surface area contributed by atoms with E-state index < -0.39 is 5.91 Å². The van der Waals surface area contributed by atoms with Gasteiger partial charge in [0, 0.05) is 17.3 Å². The number of carbonyl (C=O) groups excluding carboxylic acids is 2. The van der Waals surface area contributed by atoms with E-state index in [9.17, 15) is 14.0 Å². The zero-order chi connectivity index (χ0) is 19.9. The summed E-state index contributed by atoms with van der Waals surface area (Å²) in [6.07, 6.45) is 0.558. The molecule has 3 aromatic rings. The fourth-order valence-corrected chi connectivity index (χ4v) is 2.60. The van der Waals surface area contributed by atoms with Crippen LogP contribution in [0.2, 0.25) is 5.02 Å². The van der Waals surface area contributed by atoms with Gasteiger partial charge in [0.1, 0.15) is 17.2 Å². The number of anilines is 1. The van der Waals surface area contributed by atoms with Gasteiger partial charge in [-0.3, -0.25) is 9.59 Å². The number of benzene rings is 2. The first-order chi connectivity index (χ1) is 13.5. The Bertz CT molecular complexity index is 976. The molecule has 2 aromatic carbocycles. The van der Waals surface area contributed by atoms with Gasteiger partial charge in [0.15, 0.2) is 0 Å². The summed E-state index contributed by atoms with van der Waals surface area (Å²) in [7, 11) is 0. The SMILES string of the molecule is O=C(NCCc1ccc(F)cc1)c1cccc(C(=O)Nc2ccc(Cl)cc2)n1. The molecule has 7 heteroatoms. The number of pyridine rings is 1. The molecule has 3 rings (SSSR count). The normalized spacial score (nSPS) is 10.4. The number of amides is 2. The second-order valence-electron chi connectivity index (χ2n) is 6.00. The lowest BCUT2D eigenvalue weighted by Crippen LogP contribution is -2.27. The van der Waals surface area contributed by atoms with Crippen LogP contribution < -0.4 is 10.6 Å². The van der Waals surface area contributed by atoms with Gasteiger partial charge in [0.25, 0.3) is 11.8 Å². The van der Waals surface area contributed by atoms with Crippen LogP contribution in [0, 0.1) is 5.82 Å². The molecule has 142 valence electrons. The van der Waals surface area contributed by atoms with Crippen molar-refractivity contribution in [3.63, 3.8) is 0 Å². The Hall–Kier alpha value is -3.25. The third-order valence-electron chi connectivity index (χ3n) is 3.93. The maximum absolute atomic E-state index is 12.9. The van der Waals surface area contributed by atoms with Crippen LogP contribution in [0.4, 0.5) is 10.1 Å². The van der Waals surface area contributed by atoms with Crippen molar-refractivity contribution in [1.29, 1.82) is 0 Å². The second-order valence-corrected chi connectivity index (χ2v) is 6.44. The van der Waals surface area contributed by atoms with Crippen LogP contribution >= 0.6 is 11.6 Å². The monoisotopic (exact) mass is 397 g/mol. The first-order valence-corrected chi connectivity index (χ1v) is 8.96. The average molecular weight is 398 g/mol. The maximum Gasteiger partial charge on any atom is 0.274 e. The Morgan fingerprint density at radius 1 is 0.893 bits per heavy atom. The molecule has 5 nitrogen and oxygen atoms in total. The van der Waals surface area contributed by atoms with Crippen LogP contribution in [0.3, 0.4) is 0 Å². The molecule has 1 aromatic heterocycles. The topological polar surface area (TPSA) is 71.1 Å². The molecule has 2 amide bonds. The fourth-order valence-electron chi connectivity index (χ4n) is 2.48. The highest BCUT2D eigenvalue weighted by Crippen LogP contribution is 2.14. The van der Waals surface area contributed by atoms with Crippen LogP contribution in [0.25, 0.3) is 0 Å². The van der Waals surface area contributed by atoms with E-state index in [0.29, 0.717) is 23.7 Å². The molecule has 0 aliphatic carbocycles. The molecular weight excluding hydrogens is 381 g/mol. The molecule has 0 atom stereocenters. The van der Waals surface area contributed by atoms with Crippen LogP contribution in [0.1, 0.15) is 26.5 Å². The van der Waals surface area contributed by atoms with E-state index in [2.05, 4.69) is 15.6 Å². The minimum absolute atomic E-state index is 0.126. The van der Waals surface area contributed by atoms with Crippen molar-refractivity contribution in [1.82, 2.24) is 10.3 Å². The third kappa shape index (κ3) is 5.37. The standard InChI is InChI=1S/C21H17ClFN3O2/c22-15-6-10-17(11-7-15)25-21(28)19-3-1-2-18(26-19)20(27)24-13-12-14-4-8-16(23)9-5-14/h1-11H,12-13H2,(H,24,27)(H,25,28). The molecule has 0 aliphatic rings. The van der Waals surface area contributed by atoms with Crippen LogP contribution in [-0.4, -0.2) is 23.3 Å². The predicted molar refractivity (Wildman–Crippen MR) is 106 cm³/mol. The quantitative estimate of drug-likeness (QED) is 0.657. The molecule has 0 fully saturated rings. The molecular formula is C21H17ClFN3O2. The number of nitrogens with one attached hydrogen (secondary N) is 2. The van der Waals surface area contributed by atoms with Crippen LogP contribution in [0.5, 0.6) is 0 Å². The summed E-state index contributed by atoms with van der Waals surface area (Å²) < 4.78 is 12.9. The molecule has 0 radical (unpaired) electrons. The minimum atomic E-state index is -0.428. The number of carbonyl (C=O) groups is 2. The van der Waals surface area contributed by atoms with Gasteiger partial charge in [0.2, 0.25) is 0 Å². The maximum atomic E-state index is 12.9. The summed E-state index contributed by atoms with van der Waals surface area (Å²) in [5.41, 5.74) is 1.75. The van der Waals surface area contributed by atoms with Gasteiger partial charge < -0.3 is 10.6 Å². The molecule has 0 saturated carbocycles. The molecule has 0 spiro atoms. The van der Waals surface area contributed by atoms with Gasteiger partial charge in [0.05, 0.1) is 0 Å². The summed E-state index contributed by atoms with van der Waals surface area (Å²) in [4.78, 5) is 28.7. The zero-order valence-electron chi connectivity index (χ0n) is 14.8. The number of nitrogens with zero attached hydrogens (tertiary/aromatic N) is 1. The van der Waals surface area contributed by atoms with Gasteiger partial charge in [-0.05, 0) is 60.5 Å². The van der Waals surface area contributed by atoms with E-state index in [4.69, 9.17) is 11.6 Å². The van der Waals surface area contributed by atoms with Crippen molar-refractivity contribution in [2.75, 3.05) is 11.9 Å². The number of hydrogen-bond donors (Lipinski definition) is 2. The first kappa shape index (κ1) is 19.5. The number of hydrogen-bond acceptors (Lipinski definition) is 3. The molecule has 28 heavy (non-hydrogen) atoms. The van der Waals surface area contributed by atoms with Gasteiger partial charge in [-0.15, -0.1) is 0 Å². The lowest BCUT2D eigenvalue weighted by molar-refractivity contribution is 0.0949. The summed E-state index contributed by atoms with van der Waals surface area (Å²) in [5, 5.41) is 6.01. The van der Waals surface area contributed by atoms with E-state index in [1.165, 1.54) is 24.3 Å². The Morgan fingerprint density at radius 3 is 2.21 bits per heavy atom. The first-order valence-electron chi connectivity index (χ1n) is 8.58. The fraction of sp³-hybridized carbons (Fsp3) is 0.0952. The lowest BCUT2D eigenvalue weighted by Gasteiger charge is -2.08. The van der Waals surface area contributed by atoms with Crippen molar-refractivity contribution < 1.29 is 14.0 Å². The zero-order valence-corrected chi connectivity index (χ0v) is 15.5. The average Bonchev–Trinajstić information content (AvgIpc) is 2.71. The molecule has 0 saturated heterocycles. The number of halogens is 2. The molecule has 1 heterocycles. The van der Waals surface area contributed by atoms with Gasteiger partial charge in [-0.1, -0.05) is 29.8 Å². The molecule has 0 aliphatic heterocycles. The highest BCUT2D eigenvalue weighted by molar-refractivity contribution is 6.30. The summed E-state index contributed by atoms with van der Waals surface area (Å²) >= 11 is 5.82. The number of aromatic nitrogens is 1. The smallest absolute Gasteiger partial charge is 0.274 e. The molecule has 0 unspecified atom stereocenters. The summed E-state index contributed by atoms with van der Waals surface area (Å²) in [6, 6.07) is 17.4. The molecule has 0 bridgehead atoms. The summed E-state index contributed by atoms with van der Waals surface area (Å²) in [6.45, 7) is 0.368. The Labute approximate surface area is 166 Å².